The minimum absolute atomic E-state index is 0.372. The molecule has 18 heavy (non-hydrogen) atoms. The number of nitrogens with zero attached hydrogens (tertiary/aromatic N) is 1. The van der Waals surface area contributed by atoms with Crippen molar-refractivity contribution >= 4 is 23.5 Å². The molecule has 0 spiro atoms. The molecule has 0 N–H and O–H groups in total. The van der Waals surface area contributed by atoms with E-state index in [2.05, 4.69) is 9.99 Å². The Morgan fingerprint density at radius 2 is 2.22 bits per heavy atom. The van der Waals surface area contributed by atoms with Crippen LogP contribution >= 0.6 is 11.3 Å². The number of ether oxygens (including phenoxy) is 1. The van der Waals surface area contributed by atoms with Crippen molar-refractivity contribution in [3.8, 4) is 11.3 Å². The van der Waals surface area contributed by atoms with Crippen molar-refractivity contribution in [3.05, 3.63) is 34.2 Å². The molecule has 0 saturated heterocycles. The minimum atomic E-state index is -0.372. The molecule has 0 fully saturated rings. The Kier molecular flexibility index (Phi) is 3.78. The summed E-state index contributed by atoms with van der Waals surface area (Å²) in [6.07, 6.45) is 1.45. The molecule has 0 aliphatic rings. The molecular weight excluding hydrogens is 254 g/mol. The molecule has 0 bridgehead atoms. The van der Waals surface area contributed by atoms with Gasteiger partial charge < -0.3 is 14.0 Å². The third-order valence-corrected chi connectivity index (χ3v) is 3.11. The summed E-state index contributed by atoms with van der Waals surface area (Å²) in [5, 5.41) is 5.42. The normalized spacial score (nSPS) is 10.8. The molecule has 0 radical (unpaired) electrons. The second-order valence-electron chi connectivity index (χ2n) is 3.27. The maximum Gasteiger partial charge on any atom is 0.348 e. The van der Waals surface area contributed by atoms with Crippen molar-refractivity contribution in [1.29, 1.82) is 0 Å². The molecule has 0 saturated carbocycles. The number of thiophene rings is 1. The Morgan fingerprint density at radius 3 is 2.94 bits per heavy atom. The van der Waals surface area contributed by atoms with Gasteiger partial charge in [0.15, 0.2) is 0 Å². The van der Waals surface area contributed by atoms with E-state index in [9.17, 15) is 4.79 Å². The number of hydrogen-bond donors (Lipinski definition) is 0. The van der Waals surface area contributed by atoms with Crippen LogP contribution in [0.5, 0.6) is 0 Å². The summed E-state index contributed by atoms with van der Waals surface area (Å²) in [5.41, 5.74) is 0.712. The molecule has 94 valence electrons. The summed E-state index contributed by atoms with van der Waals surface area (Å²) >= 11 is 1.31. The lowest BCUT2D eigenvalue weighted by molar-refractivity contribution is 0.0607. The Bertz CT molecular complexity index is 570. The zero-order chi connectivity index (χ0) is 13.0. The molecular formula is C12H11NO4S. The summed E-state index contributed by atoms with van der Waals surface area (Å²) in [4.78, 5) is 16.6. The molecule has 6 heteroatoms. The number of hydrogen-bond acceptors (Lipinski definition) is 6. The van der Waals surface area contributed by atoms with Crippen LogP contribution in [0.2, 0.25) is 0 Å². The van der Waals surface area contributed by atoms with Gasteiger partial charge in [0.2, 0.25) is 0 Å². The van der Waals surface area contributed by atoms with E-state index >= 15 is 0 Å². The molecule has 5 nitrogen and oxygen atoms in total. The first-order valence-corrected chi connectivity index (χ1v) is 5.96. The van der Waals surface area contributed by atoms with Gasteiger partial charge in [0.25, 0.3) is 0 Å². The lowest BCUT2D eigenvalue weighted by Gasteiger charge is -1.98. The van der Waals surface area contributed by atoms with Gasteiger partial charge in [-0.15, -0.1) is 11.3 Å². The largest absolute Gasteiger partial charge is 0.465 e. The minimum Gasteiger partial charge on any atom is -0.465 e. The number of carbonyl (C=O) groups excluding carboxylic acids is 1. The third-order valence-electron chi connectivity index (χ3n) is 2.21. The van der Waals surface area contributed by atoms with E-state index < -0.39 is 0 Å². The number of methoxy groups -OCH3 is 1. The van der Waals surface area contributed by atoms with Crippen LogP contribution in [0, 0.1) is 0 Å². The molecule has 0 amide bonds. The monoisotopic (exact) mass is 265 g/mol. The Balaban J connectivity index is 2.32. The quantitative estimate of drug-likeness (QED) is 0.484. The molecule has 0 aromatic carbocycles. The van der Waals surface area contributed by atoms with Crippen molar-refractivity contribution in [3.63, 3.8) is 0 Å². The summed E-state index contributed by atoms with van der Waals surface area (Å²) in [6, 6.07) is 5.33. The standard InChI is InChI=1S/C12H11NO4S/c1-15-12(14)11-9(5-6-18-11)10-4-3-8(17-10)7-13-16-2/h3-7H,1-2H3/b13-7+. The van der Waals surface area contributed by atoms with E-state index in [1.165, 1.54) is 31.8 Å². The Hall–Kier alpha value is -2.08. The van der Waals surface area contributed by atoms with E-state index in [0.717, 1.165) is 0 Å². The predicted molar refractivity (Wildman–Crippen MR) is 68.0 cm³/mol. The number of furan rings is 1. The molecule has 0 atom stereocenters. The highest BCUT2D eigenvalue weighted by Gasteiger charge is 2.17. The van der Waals surface area contributed by atoms with Gasteiger partial charge in [0, 0.05) is 5.56 Å². The number of carbonyl (C=O) groups is 1. The van der Waals surface area contributed by atoms with Gasteiger partial charge >= 0.3 is 5.97 Å². The van der Waals surface area contributed by atoms with Crippen molar-refractivity contribution in [1.82, 2.24) is 0 Å². The number of rotatable bonds is 4. The fraction of sp³-hybridized carbons (Fsp3) is 0.167. The Morgan fingerprint density at radius 1 is 1.39 bits per heavy atom. The molecule has 2 aromatic heterocycles. The maximum atomic E-state index is 11.5. The molecule has 2 heterocycles. The van der Waals surface area contributed by atoms with Gasteiger partial charge in [-0.1, -0.05) is 5.16 Å². The van der Waals surface area contributed by atoms with Crippen molar-refractivity contribution < 1.29 is 18.8 Å². The fourth-order valence-electron chi connectivity index (χ4n) is 1.43. The van der Waals surface area contributed by atoms with Crippen LogP contribution in [0.4, 0.5) is 0 Å². The topological polar surface area (TPSA) is 61.0 Å². The van der Waals surface area contributed by atoms with E-state index in [-0.39, 0.29) is 5.97 Å². The highest BCUT2D eigenvalue weighted by atomic mass is 32.1. The lowest BCUT2D eigenvalue weighted by Crippen LogP contribution is -1.99. The first-order valence-electron chi connectivity index (χ1n) is 5.08. The van der Waals surface area contributed by atoms with E-state index in [1.807, 2.05) is 11.4 Å². The summed E-state index contributed by atoms with van der Waals surface area (Å²) < 4.78 is 10.2. The van der Waals surface area contributed by atoms with Crippen molar-refractivity contribution in [2.45, 2.75) is 0 Å². The van der Waals surface area contributed by atoms with Crippen LogP contribution in [0.25, 0.3) is 11.3 Å². The zero-order valence-electron chi connectivity index (χ0n) is 9.88. The average molecular weight is 265 g/mol. The number of esters is 1. The first-order chi connectivity index (χ1) is 8.76. The summed E-state index contributed by atoms with van der Waals surface area (Å²) in [6.45, 7) is 0. The molecule has 2 rings (SSSR count). The summed E-state index contributed by atoms with van der Waals surface area (Å²) in [5.74, 6) is 0.770. The number of oxime groups is 1. The predicted octanol–water partition coefficient (Wildman–Crippen LogP) is 2.78. The molecule has 2 aromatic rings. The third kappa shape index (κ3) is 2.43. The van der Waals surface area contributed by atoms with Crippen LogP contribution in [0.15, 0.2) is 33.2 Å². The van der Waals surface area contributed by atoms with Crippen LogP contribution in [-0.4, -0.2) is 26.4 Å². The van der Waals surface area contributed by atoms with E-state index in [1.54, 1.807) is 12.1 Å². The summed E-state index contributed by atoms with van der Waals surface area (Å²) in [7, 11) is 2.80. The highest BCUT2D eigenvalue weighted by molar-refractivity contribution is 7.12. The average Bonchev–Trinajstić information content (AvgIpc) is 3.03. The van der Waals surface area contributed by atoms with Crippen LogP contribution in [-0.2, 0) is 9.57 Å². The van der Waals surface area contributed by atoms with E-state index in [4.69, 9.17) is 9.15 Å². The van der Waals surface area contributed by atoms with E-state index in [0.29, 0.717) is 22.0 Å². The van der Waals surface area contributed by atoms with Gasteiger partial charge in [-0.25, -0.2) is 4.79 Å². The fourth-order valence-corrected chi connectivity index (χ4v) is 2.24. The zero-order valence-corrected chi connectivity index (χ0v) is 10.7. The van der Waals surface area contributed by atoms with Gasteiger partial charge in [-0.05, 0) is 23.6 Å². The highest BCUT2D eigenvalue weighted by Crippen LogP contribution is 2.30. The van der Waals surface area contributed by atoms with Gasteiger partial charge in [0.1, 0.15) is 29.7 Å². The second kappa shape index (κ2) is 5.50. The van der Waals surface area contributed by atoms with Crippen LogP contribution < -0.4 is 0 Å². The van der Waals surface area contributed by atoms with Gasteiger partial charge in [-0.2, -0.15) is 0 Å². The van der Waals surface area contributed by atoms with Crippen LogP contribution in [0.3, 0.4) is 0 Å². The van der Waals surface area contributed by atoms with Gasteiger partial charge in [0.05, 0.1) is 7.11 Å². The smallest absolute Gasteiger partial charge is 0.348 e. The van der Waals surface area contributed by atoms with Crippen molar-refractivity contribution in [2.24, 2.45) is 5.16 Å². The van der Waals surface area contributed by atoms with Crippen molar-refractivity contribution in [2.75, 3.05) is 14.2 Å². The van der Waals surface area contributed by atoms with Crippen LogP contribution in [0.1, 0.15) is 15.4 Å². The van der Waals surface area contributed by atoms with Gasteiger partial charge in [-0.3, -0.25) is 0 Å². The Labute approximate surface area is 108 Å². The molecule has 0 aliphatic carbocycles. The SMILES string of the molecule is CO/N=C/c1ccc(-c2ccsc2C(=O)OC)o1. The maximum absolute atomic E-state index is 11.5. The molecule has 0 aliphatic heterocycles. The first kappa shape index (κ1) is 12.4. The lowest BCUT2D eigenvalue weighted by atomic mass is 10.2. The second-order valence-corrected chi connectivity index (χ2v) is 4.19. The molecule has 0 unspecified atom stereocenters.